The van der Waals surface area contributed by atoms with Gasteiger partial charge in [0.25, 0.3) is 0 Å². The zero-order valence-corrected chi connectivity index (χ0v) is 11.6. The third kappa shape index (κ3) is 3.42. The monoisotopic (exact) mass is 281 g/mol. The molecule has 102 valence electrons. The summed E-state index contributed by atoms with van der Waals surface area (Å²) in [7, 11) is 1.53. The van der Waals surface area contributed by atoms with Gasteiger partial charge in [0.05, 0.1) is 13.2 Å². The van der Waals surface area contributed by atoms with Crippen LogP contribution in [0.25, 0.3) is 11.5 Å². The minimum Gasteiger partial charge on any atom is -0.480 e. The smallest absolute Gasteiger partial charge is 0.243 e. The highest BCUT2D eigenvalue weighted by molar-refractivity contribution is 7.98. The lowest BCUT2D eigenvalue weighted by Gasteiger charge is -2.03. The summed E-state index contributed by atoms with van der Waals surface area (Å²) in [6.45, 7) is 0. The van der Waals surface area contributed by atoms with Crippen LogP contribution in [0.5, 0.6) is 5.88 Å². The molecule has 0 aliphatic rings. The maximum absolute atomic E-state index is 5.95. The number of hydrogen-bond acceptors (Lipinski definition) is 8. The second-order valence-electron chi connectivity index (χ2n) is 3.81. The fourth-order valence-corrected chi connectivity index (χ4v) is 1.90. The van der Waals surface area contributed by atoms with Gasteiger partial charge in [-0.3, -0.25) is 0 Å². The van der Waals surface area contributed by atoms with E-state index in [1.807, 2.05) is 6.26 Å². The van der Waals surface area contributed by atoms with Gasteiger partial charge in [-0.25, -0.2) is 0 Å². The molecule has 2 heterocycles. The Morgan fingerprint density at radius 1 is 1.42 bits per heavy atom. The molecule has 0 aliphatic carbocycles. The Morgan fingerprint density at radius 3 is 2.89 bits per heavy atom. The van der Waals surface area contributed by atoms with Crippen molar-refractivity contribution in [2.24, 2.45) is 5.73 Å². The van der Waals surface area contributed by atoms with E-state index in [4.69, 9.17) is 15.0 Å². The SMILES string of the molecule is COc1ccc(-c2noc([C@@H](N)CCSC)n2)nn1. The van der Waals surface area contributed by atoms with Crippen LogP contribution in [0, 0.1) is 0 Å². The van der Waals surface area contributed by atoms with Gasteiger partial charge in [0.2, 0.25) is 17.6 Å². The number of aromatic nitrogens is 4. The number of nitrogens with zero attached hydrogens (tertiary/aromatic N) is 4. The normalized spacial score (nSPS) is 12.4. The summed E-state index contributed by atoms with van der Waals surface area (Å²) in [5.74, 6) is 2.18. The molecule has 0 fully saturated rings. The fourth-order valence-electron chi connectivity index (χ4n) is 1.41. The molecular formula is C11H15N5O2S. The highest BCUT2D eigenvalue weighted by atomic mass is 32.2. The third-order valence-corrected chi connectivity index (χ3v) is 3.11. The van der Waals surface area contributed by atoms with Crippen molar-refractivity contribution in [1.82, 2.24) is 20.3 Å². The molecular weight excluding hydrogens is 266 g/mol. The molecule has 0 spiro atoms. The van der Waals surface area contributed by atoms with E-state index in [1.54, 1.807) is 23.9 Å². The molecule has 0 bridgehead atoms. The van der Waals surface area contributed by atoms with Gasteiger partial charge in [0, 0.05) is 6.07 Å². The number of methoxy groups -OCH3 is 1. The lowest BCUT2D eigenvalue weighted by atomic mass is 10.2. The lowest BCUT2D eigenvalue weighted by molar-refractivity contribution is 0.353. The maximum Gasteiger partial charge on any atom is 0.243 e. The first-order chi connectivity index (χ1) is 9.24. The molecule has 0 radical (unpaired) electrons. The van der Waals surface area contributed by atoms with Crippen LogP contribution in [0.4, 0.5) is 0 Å². The molecule has 2 N–H and O–H groups in total. The van der Waals surface area contributed by atoms with E-state index in [1.165, 1.54) is 7.11 Å². The standard InChI is InChI=1S/C11H15N5O2S/c1-17-9-4-3-8(14-15-9)10-13-11(18-16-10)7(12)5-6-19-2/h3-4,7H,5-6,12H2,1-2H3/t7-/m0/s1. The molecule has 0 amide bonds. The van der Waals surface area contributed by atoms with Crippen LogP contribution in [-0.4, -0.2) is 39.5 Å². The molecule has 2 rings (SSSR count). The van der Waals surface area contributed by atoms with Crippen LogP contribution in [0.1, 0.15) is 18.4 Å². The van der Waals surface area contributed by atoms with Crippen LogP contribution in [0.2, 0.25) is 0 Å². The number of hydrogen-bond donors (Lipinski definition) is 1. The first-order valence-electron chi connectivity index (χ1n) is 5.70. The van der Waals surface area contributed by atoms with Gasteiger partial charge in [0.1, 0.15) is 5.69 Å². The zero-order chi connectivity index (χ0) is 13.7. The van der Waals surface area contributed by atoms with E-state index in [0.29, 0.717) is 23.3 Å². The minimum atomic E-state index is -0.250. The summed E-state index contributed by atoms with van der Waals surface area (Å²) in [6, 6.07) is 3.15. The van der Waals surface area contributed by atoms with E-state index >= 15 is 0 Å². The van der Waals surface area contributed by atoms with Crippen molar-refractivity contribution in [1.29, 1.82) is 0 Å². The number of thioether (sulfide) groups is 1. The Hall–Kier alpha value is -1.67. The average Bonchev–Trinajstić information content (AvgIpc) is 2.94. The molecule has 0 saturated heterocycles. The van der Waals surface area contributed by atoms with Gasteiger partial charge >= 0.3 is 0 Å². The van der Waals surface area contributed by atoms with Gasteiger partial charge in [0.15, 0.2) is 0 Å². The zero-order valence-electron chi connectivity index (χ0n) is 10.7. The Balaban J connectivity index is 2.11. The van der Waals surface area contributed by atoms with Gasteiger partial charge in [-0.05, 0) is 24.5 Å². The van der Waals surface area contributed by atoms with E-state index in [-0.39, 0.29) is 6.04 Å². The number of ether oxygens (including phenoxy) is 1. The van der Waals surface area contributed by atoms with Crippen LogP contribution in [0.3, 0.4) is 0 Å². The lowest BCUT2D eigenvalue weighted by Crippen LogP contribution is -2.11. The molecule has 1 atom stereocenters. The Morgan fingerprint density at radius 2 is 2.26 bits per heavy atom. The summed E-state index contributed by atoms with van der Waals surface area (Å²) in [4.78, 5) is 4.23. The van der Waals surface area contributed by atoms with E-state index < -0.39 is 0 Å². The molecule has 2 aromatic heterocycles. The highest BCUT2D eigenvalue weighted by Gasteiger charge is 2.16. The van der Waals surface area contributed by atoms with E-state index in [0.717, 1.165) is 12.2 Å². The summed E-state index contributed by atoms with van der Waals surface area (Å²) in [6.07, 6.45) is 2.82. The van der Waals surface area contributed by atoms with Crippen molar-refractivity contribution in [3.8, 4) is 17.4 Å². The molecule has 7 nitrogen and oxygen atoms in total. The quantitative estimate of drug-likeness (QED) is 0.845. The summed E-state index contributed by atoms with van der Waals surface area (Å²) < 4.78 is 10.1. The Bertz CT molecular complexity index is 516. The summed E-state index contributed by atoms with van der Waals surface area (Å²) >= 11 is 1.73. The second-order valence-corrected chi connectivity index (χ2v) is 4.79. The second kappa shape index (κ2) is 6.48. The first kappa shape index (κ1) is 13.8. The largest absolute Gasteiger partial charge is 0.480 e. The molecule has 0 unspecified atom stereocenters. The highest BCUT2D eigenvalue weighted by Crippen LogP contribution is 2.19. The van der Waals surface area contributed by atoms with Crippen LogP contribution >= 0.6 is 11.8 Å². The predicted octanol–water partition coefficient (Wildman–Crippen LogP) is 1.29. The van der Waals surface area contributed by atoms with Crippen molar-refractivity contribution in [3.63, 3.8) is 0 Å². The maximum atomic E-state index is 5.95. The third-order valence-electron chi connectivity index (χ3n) is 2.47. The molecule has 0 aromatic carbocycles. The number of rotatable bonds is 6. The topological polar surface area (TPSA) is 100.0 Å². The van der Waals surface area contributed by atoms with E-state index in [9.17, 15) is 0 Å². The molecule has 0 aliphatic heterocycles. The van der Waals surface area contributed by atoms with Crippen LogP contribution in [-0.2, 0) is 0 Å². The van der Waals surface area contributed by atoms with Crippen molar-refractivity contribution in [2.75, 3.05) is 19.1 Å². The predicted molar refractivity (Wildman–Crippen MR) is 71.8 cm³/mol. The molecule has 2 aromatic rings. The van der Waals surface area contributed by atoms with E-state index in [2.05, 4.69) is 20.3 Å². The Kier molecular flexibility index (Phi) is 4.69. The van der Waals surface area contributed by atoms with Crippen molar-refractivity contribution < 1.29 is 9.26 Å². The average molecular weight is 281 g/mol. The van der Waals surface area contributed by atoms with Gasteiger partial charge in [-0.2, -0.15) is 16.7 Å². The number of nitrogens with two attached hydrogens (primary N) is 1. The molecule has 0 saturated carbocycles. The van der Waals surface area contributed by atoms with Gasteiger partial charge < -0.3 is 15.0 Å². The van der Waals surface area contributed by atoms with Crippen LogP contribution in [0.15, 0.2) is 16.7 Å². The first-order valence-corrected chi connectivity index (χ1v) is 7.10. The van der Waals surface area contributed by atoms with Crippen molar-refractivity contribution in [2.45, 2.75) is 12.5 Å². The minimum absolute atomic E-state index is 0.250. The van der Waals surface area contributed by atoms with Gasteiger partial charge in [-0.1, -0.05) is 5.16 Å². The van der Waals surface area contributed by atoms with Gasteiger partial charge in [-0.15, -0.1) is 10.2 Å². The summed E-state index contributed by atoms with van der Waals surface area (Å²) in [5, 5.41) is 11.7. The fraction of sp³-hybridized carbons (Fsp3) is 0.455. The Labute approximate surface area is 114 Å². The van der Waals surface area contributed by atoms with Crippen molar-refractivity contribution in [3.05, 3.63) is 18.0 Å². The molecule has 8 heteroatoms. The van der Waals surface area contributed by atoms with Crippen molar-refractivity contribution >= 4 is 11.8 Å². The molecule has 19 heavy (non-hydrogen) atoms. The summed E-state index contributed by atoms with van der Waals surface area (Å²) in [5.41, 5.74) is 6.47. The van der Waals surface area contributed by atoms with Crippen LogP contribution < -0.4 is 10.5 Å².